The van der Waals surface area contributed by atoms with Gasteiger partial charge in [-0.3, -0.25) is 19.3 Å². The SMILES string of the molecule is Cc1ccc(NC(=O)C(C(C)C)N2C(=O)c3ccccc3C2=O)cc1Cl. The number of carbonyl (C=O) groups is 3. The van der Waals surface area contributed by atoms with Crippen LogP contribution in [0, 0.1) is 12.8 Å². The molecule has 0 aliphatic carbocycles. The van der Waals surface area contributed by atoms with Crippen LogP contribution in [-0.4, -0.2) is 28.7 Å². The summed E-state index contributed by atoms with van der Waals surface area (Å²) in [5.41, 5.74) is 2.07. The molecule has 1 heterocycles. The molecule has 1 unspecified atom stereocenters. The highest BCUT2D eigenvalue weighted by atomic mass is 35.5. The molecule has 1 aliphatic heterocycles. The molecular formula is C20H19ClN2O3. The molecule has 0 saturated carbocycles. The lowest BCUT2D eigenvalue weighted by Gasteiger charge is -2.28. The van der Waals surface area contributed by atoms with Crippen LogP contribution < -0.4 is 5.32 Å². The van der Waals surface area contributed by atoms with Gasteiger partial charge in [-0.2, -0.15) is 0 Å². The summed E-state index contributed by atoms with van der Waals surface area (Å²) >= 11 is 6.10. The molecule has 3 rings (SSSR count). The van der Waals surface area contributed by atoms with Gasteiger partial charge >= 0.3 is 0 Å². The number of hydrogen-bond acceptors (Lipinski definition) is 3. The Morgan fingerprint density at radius 1 is 1.04 bits per heavy atom. The van der Waals surface area contributed by atoms with Gasteiger partial charge in [0.25, 0.3) is 11.8 Å². The van der Waals surface area contributed by atoms with E-state index in [1.54, 1.807) is 56.3 Å². The Balaban J connectivity index is 1.90. The Morgan fingerprint density at radius 2 is 1.62 bits per heavy atom. The first-order valence-corrected chi connectivity index (χ1v) is 8.73. The van der Waals surface area contributed by atoms with Crippen molar-refractivity contribution < 1.29 is 14.4 Å². The minimum Gasteiger partial charge on any atom is -0.324 e. The maximum absolute atomic E-state index is 12.9. The van der Waals surface area contributed by atoms with E-state index in [4.69, 9.17) is 11.6 Å². The molecule has 3 amide bonds. The average molecular weight is 371 g/mol. The lowest BCUT2D eigenvalue weighted by Crippen LogP contribution is -2.50. The predicted molar refractivity (Wildman–Crippen MR) is 100 cm³/mol. The highest BCUT2D eigenvalue weighted by Gasteiger charge is 2.43. The third-order valence-corrected chi connectivity index (χ3v) is 4.85. The van der Waals surface area contributed by atoms with Crippen LogP contribution in [-0.2, 0) is 4.79 Å². The number of carbonyl (C=O) groups excluding carboxylic acids is 3. The molecule has 2 aromatic rings. The summed E-state index contributed by atoms with van der Waals surface area (Å²) in [5.74, 6) is -1.56. The normalized spacial score (nSPS) is 14.6. The maximum Gasteiger partial charge on any atom is 0.262 e. The number of aryl methyl sites for hydroxylation is 1. The molecule has 1 N–H and O–H groups in total. The largest absolute Gasteiger partial charge is 0.324 e. The smallest absolute Gasteiger partial charge is 0.262 e. The third kappa shape index (κ3) is 3.10. The summed E-state index contributed by atoms with van der Waals surface area (Å²) in [6, 6.07) is 10.9. The van der Waals surface area contributed by atoms with Crippen LogP contribution in [0.2, 0.25) is 5.02 Å². The van der Waals surface area contributed by atoms with Gasteiger partial charge in [0.15, 0.2) is 0 Å². The number of imide groups is 1. The fraction of sp³-hybridized carbons (Fsp3) is 0.250. The van der Waals surface area contributed by atoms with E-state index < -0.39 is 23.8 Å². The zero-order chi connectivity index (χ0) is 19.0. The summed E-state index contributed by atoms with van der Waals surface area (Å²) in [6.45, 7) is 5.47. The number of hydrogen-bond donors (Lipinski definition) is 1. The van der Waals surface area contributed by atoms with Crippen LogP contribution in [0.4, 0.5) is 5.69 Å². The van der Waals surface area contributed by atoms with Crippen molar-refractivity contribution in [2.75, 3.05) is 5.32 Å². The second-order valence-electron chi connectivity index (χ2n) is 6.67. The van der Waals surface area contributed by atoms with Crippen molar-refractivity contribution in [1.82, 2.24) is 4.90 Å². The summed E-state index contributed by atoms with van der Waals surface area (Å²) < 4.78 is 0. The van der Waals surface area contributed by atoms with Crippen molar-refractivity contribution >= 4 is 35.0 Å². The Morgan fingerprint density at radius 3 is 2.12 bits per heavy atom. The van der Waals surface area contributed by atoms with Crippen molar-refractivity contribution in [3.8, 4) is 0 Å². The average Bonchev–Trinajstić information content (AvgIpc) is 2.84. The first-order valence-electron chi connectivity index (χ1n) is 8.35. The molecule has 1 aliphatic rings. The van der Waals surface area contributed by atoms with Gasteiger partial charge in [0, 0.05) is 10.7 Å². The second kappa shape index (κ2) is 6.92. The van der Waals surface area contributed by atoms with Gasteiger partial charge in [0.2, 0.25) is 5.91 Å². The molecule has 134 valence electrons. The molecule has 0 spiro atoms. The van der Waals surface area contributed by atoms with E-state index in [0.717, 1.165) is 10.5 Å². The van der Waals surface area contributed by atoms with Gasteiger partial charge in [0.05, 0.1) is 11.1 Å². The molecule has 1 atom stereocenters. The molecule has 0 saturated heterocycles. The Labute approximate surface area is 156 Å². The van der Waals surface area contributed by atoms with Gasteiger partial charge in [0.1, 0.15) is 6.04 Å². The molecule has 26 heavy (non-hydrogen) atoms. The number of nitrogens with one attached hydrogen (secondary N) is 1. The van der Waals surface area contributed by atoms with Crippen LogP contribution in [0.25, 0.3) is 0 Å². The molecule has 0 radical (unpaired) electrons. The lowest BCUT2D eigenvalue weighted by molar-refractivity contribution is -0.121. The number of nitrogens with zero attached hydrogens (tertiary/aromatic N) is 1. The van der Waals surface area contributed by atoms with Crippen LogP contribution in [0.5, 0.6) is 0 Å². The van der Waals surface area contributed by atoms with Crippen molar-refractivity contribution in [1.29, 1.82) is 0 Å². The second-order valence-corrected chi connectivity index (χ2v) is 7.08. The quantitative estimate of drug-likeness (QED) is 0.830. The number of benzene rings is 2. The van der Waals surface area contributed by atoms with Crippen molar-refractivity contribution in [2.45, 2.75) is 26.8 Å². The van der Waals surface area contributed by atoms with E-state index in [-0.39, 0.29) is 5.92 Å². The van der Waals surface area contributed by atoms with E-state index in [9.17, 15) is 14.4 Å². The predicted octanol–water partition coefficient (Wildman–Crippen LogP) is 3.91. The molecule has 0 aromatic heterocycles. The van der Waals surface area contributed by atoms with E-state index in [0.29, 0.717) is 21.8 Å². The van der Waals surface area contributed by atoms with E-state index in [1.807, 2.05) is 6.92 Å². The minimum atomic E-state index is -0.914. The van der Waals surface area contributed by atoms with E-state index in [1.165, 1.54) is 0 Å². The van der Waals surface area contributed by atoms with Crippen molar-refractivity contribution in [2.24, 2.45) is 5.92 Å². The summed E-state index contributed by atoms with van der Waals surface area (Å²) in [7, 11) is 0. The molecule has 0 bridgehead atoms. The fourth-order valence-electron chi connectivity index (χ4n) is 3.07. The zero-order valence-electron chi connectivity index (χ0n) is 14.7. The zero-order valence-corrected chi connectivity index (χ0v) is 15.5. The number of amides is 3. The van der Waals surface area contributed by atoms with Crippen LogP contribution in [0.1, 0.15) is 40.1 Å². The number of rotatable bonds is 4. The van der Waals surface area contributed by atoms with E-state index in [2.05, 4.69) is 5.32 Å². The summed E-state index contributed by atoms with van der Waals surface area (Å²) in [6.07, 6.45) is 0. The monoisotopic (exact) mass is 370 g/mol. The topological polar surface area (TPSA) is 66.5 Å². The fourth-order valence-corrected chi connectivity index (χ4v) is 3.25. The molecule has 5 nitrogen and oxygen atoms in total. The molecular weight excluding hydrogens is 352 g/mol. The molecule has 0 fully saturated rings. The minimum absolute atomic E-state index is 0.252. The Bertz CT molecular complexity index is 873. The first-order chi connectivity index (χ1) is 12.3. The van der Waals surface area contributed by atoms with Gasteiger partial charge < -0.3 is 5.32 Å². The summed E-state index contributed by atoms with van der Waals surface area (Å²) in [5, 5.41) is 3.30. The highest BCUT2D eigenvalue weighted by molar-refractivity contribution is 6.31. The number of halogens is 1. The number of fused-ring (bicyclic) bond motifs is 1. The third-order valence-electron chi connectivity index (χ3n) is 4.44. The van der Waals surface area contributed by atoms with Gasteiger partial charge in [-0.1, -0.05) is 43.6 Å². The van der Waals surface area contributed by atoms with Gasteiger partial charge in [-0.25, -0.2) is 0 Å². The lowest BCUT2D eigenvalue weighted by atomic mass is 10.0. The first kappa shape index (κ1) is 18.1. The Hall–Kier alpha value is -2.66. The van der Waals surface area contributed by atoms with Crippen molar-refractivity contribution in [3.63, 3.8) is 0 Å². The van der Waals surface area contributed by atoms with E-state index >= 15 is 0 Å². The van der Waals surface area contributed by atoms with Crippen LogP contribution in [0.3, 0.4) is 0 Å². The van der Waals surface area contributed by atoms with Gasteiger partial charge in [-0.05, 0) is 42.7 Å². The molecule has 2 aromatic carbocycles. The standard InChI is InChI=1S/C20H19ClN2O3/c1-11(2)17(18(24)22-13-9-8-12(3)16(21)10-13)23-19(25)14-6-4-5-7-15(14)20(23)26/h4-11,17H,1-3H3,(H,22,24). The van der Waals surface area contributed by atoms with Crippen molar-refractivity contribution in [3.05, 3.63) is 64.2 Å². The van der Waals surface area contributed by atoms with Crippen LogP contribution >= 0.6 is 11.6 Å². The highest BCUT2D eigenvalue weighted by Crippen LogP contribution is 2.28. The molecule has 6 heteroatoms. The van der Waals surface area contributed by atoms with Gasteiger partial charge in [-0.15, -0.1) is 0 Å². The number of anilines is 1. The Kier molecular flexibility index (Phi) is 4.83. The summed E-state index contributed by atoms with van der Waals surface area (Å²) in [4.78, 5) is 39.4. The maximum atomic E-state index is 12.9. The van der Waals surface area contributed by atoms with Crippen LogP contribution in [0.15, 0.2) is 42.5 Å².